The van der Waals surface area contributed by atoms with E-state index < -0.39 is 32.3 Å². The summed E-state index contributed by atoms with van der Waals surface area (Å²) >= 11 is 5.98. The van der Waals surface area contributed by atoms with Crippen LogP contribution in [-0.4, -0.2) is 69.5 Å². The average Bonchev–Trinajstić information content (AvgIpc) is 2.62. The topological polar surface area (TPSA) is 142 Å². The quantitative estimate of drug-likeness (QED) is 0.323. The molecule has 3 rings (SSSR count). The van der Waals surface area contributed by atoms with Crippen LogP contribution in [0, 0.1) is 6.92 Å². The molecule has 3 aromatic carbocycles. The van der Waals surface area contributed by atoms with Gasteiger partial charge in [0.1, 0.15) is 15.8 Å². The largest absolute Gasteiger partial charge is 2.00 e. The minimum Gasteiger partial charge on any atom is -1.00 e. The third kappa shape index (κ3) is 4.97. The van der Waals surface area contributed by atoms with Gasteiger partial charge in [-0.05, 0) is 36.1 Å². The first-order valence-electron chi connectivity index (χ1n) is 7.73. The molecule has 0 aliphatic heterocycles. The Hall–Kier alpha value is -1.53. The van der Waals surface area contributed by atoms with E-state index in [1.807, 2.05) is 0 Å². The Bertz CT molecular complexity index is 1270. The van der Waals surface area contributed by atoms with Crippen LogP contribution < -0.4 is 5.11 Å². The number of carboxylic acids is 1. The molecular weight excluding hydrogens is 495 g/mol. The summed E-state index contributed by atoms with van der Waals surface area (Å²) in [5.74, 6) is -2.11. The molecule has 0 radical (unpaired) electrons. The molecule has 0 bridgehead atoms. The smallest absolute Gasteiger partial charge is 1.00 e. The van der Waals surface area contributed by atoms with Crippen LogP contribution in [0.4, 0.5) is 11.4 Å². The molecule has 148 valence electrons. The summed E-state index contributed by atoms with van der Waals surface area (Å²) in [7, 11) is -4.85. The van der Waals surface area contributed by atoms with Gasteiger partial charge in [0.15, 0.2) is 0 Å². The van der Waals surface area contributed by atoms with E-state index in [9.17, 15) is 28.0 Å². The zero-order valence-corrected chi connectivity index (χ0v) is 20.0. The van der Waals surface area contributed by atoms with Gasteiger partial charge < -0.3 is 17.6 Å². The number of carboxylic acid groups (broad SMARTS) is 1. The Labute approximate surface area is 210 Å². The molecular formula is C18H13ClN2O6SSr-2. The normalized spacial score (nSPS) is 11.6. The summed E-state index contributed by atoms with van der Waals surface area (Å²) in [6.07, 6.45) is 0. The molecule has 0 saturated carbocycles. The van der Waals surface area contributed by atoms with E-state index in [-0.39, 0.29) is 70.1 Å². The van der Waals surface area contributed by atoms with Crippen LogP contribution in [0.2, 0.25) is 5.02 Å². The predicted molar refractivity (Wildman–Crippen MR) is 107 cm³/mol. The molecule has 8 nitrogen and oxygen atoms in total. The van der Waals surface area contributed by atoms with E-state index in [1.54, 1.807) is 18.2 Å². The van der Waals surface area contributed by atoms with Crippen molar-refractivity contribution < 1.29 is 30.8 Å². The van der Waals surface area contributed by atoms with Crippen LogP contribution in [0.3, 0.4) is 0 Å². The number of hydrogen-bond acceptors (Lipinski definition) is 7. The standard InChI is InChI=1S/C18H13ClN2O6S.Sr.2H/c1-9-6-16(28(25,26)27)15(8-13(9)19)21-20-14-7-12(18(23)24)17(22)11-5-3-2-4-10(11)14;;;/h2-8,22H,1H3,(H,23,24)(H,25,26,27);;;/q;+2;2*-1/p-2. The number of hydrogen-bond donors (Lipinski definition) is 1. The van der Waals surface area contributed by atoms with Gasteiger partial charge in [0, 0.05) is 10.4 Å². The van der Waals surface area contributed by atoms with E-state index in [2.05, 4.69) is 10.2 Å². The molecule has 3 aromatic rings. The predicted octanol–water partition coefficient (Wildman–Crippen LogP) is 3.74. The first-order chi connectivity index (χ1) is 13.1. The second-order valence-electron chi connectivity index (χ2n) is 5.85. The molecule has 0 unspecified atom stereocenters. The van der Waals surface area contributed by atoms with Crippen molar-refractivity contribution in [1.29, 1.82) is 0 Å². The summed E-state index contributed by atoms with van der Waals surface area (Å²) < 4.78 is 34.5. The Morgan fingerprint density at radius 2 is 1.69 bits per heavy atom. The summed E-state index contributed by atoms with van der Waals surface area (Å²) in [5.41, 5.74) is -0.410. The number of nitrogens with zero attached hydrogens (tertiary/aromatic N) is 2. The van der Waals surface area contributed by atoms with Gasteiger partial charge in [0.05, 0.1) is 16.1 Å². The van der Waals surface area contributed by atoms with Crippen molar-refractivity contribution in [2.45, 2.75) is 11.8 Å². The SMILES string of the molecule is Cc1cc(S(=O)(=O)[O-])c(N=Nc2cc(C(=O)O)c([O-])c3ccccc23)cc1Cl.[H-].[H-].[Sr+2]. The number of carbonyl (C=O) groups is 1. The Morgan fingerprint density at radius 3 is 2.28 bits per heavy atom. The molecule has 29 heavy (non-hydrogen) atoms. The molecule has 0 atom stereocenters. The first-order valence-corrected chi connectivity index (χ1v) is 9.52. The van der Waals surface area contributed by atoms with Crippen LogP contribution in [0.25, 0.3) is 10.8 Å². The van der Waals surface area contributed by atoms with Crippen molar-refractivity contribution in [3.8, 4) is 5.75 Å². The fraction of sp³-hybridized carbons (Fsp3) is 0.0556. The molecule has 0 amide bonds. The fourth-order valence-corrected chi connectivity index (χ4v) is 3.44. The maximum atomic E-state index is 12.3. The molecule has 0 spiro atoms. The summed E-state index contributed by atoms with van der Waals surface area (Å²) in [6.45, 7) is 1.53. The molecule has 0 aliphatic carbocycles. The third-order valence-electron chi connectivity index (χ3n) is 3.98. The third-order valence-corrected chi connectivity index (χ3v) is 5.25. The van der Waals surface area contributed by atoms with Gasteiger partial charge in [-0.1, -0.05) is 41.6 Å². The monoisotopic (exact) mass is 508 g/mol. The van der Waals surface area contributed by atoms with Crippen LogP contribution in [-0.2, 0) is 10.1 Å². The number of aryl methyl sites for hydroxylation is 1. The summed E-state index contributed by atoms with van der Waals surface area (Å²) in [4.78, 5) is 10.7. The zero-order valence-electron chi connectivity index (χ0n) is 16.9. The summed E-state index contributed by atoms with van der Waals surface area (Å²) in [5, 5.41) is 29.8. The fourth-order valence-electron chi connectivity index (χ4n) is 2.60. The minimum atomic E-state index is -4.85. The number of fused-ring (bicyclic) bond motifs is 1. The van der Waals surface area contributed by atoms with E-state index in [0.29, 0.717) is 10.9 Å². The molecule has 0 aliphatic rings. The second-order valence-corrected chi connectivity index (χ2v) is 7.60. The number of rotatable bonds is 4. The molecule has 0 saturated heterocycles. The average molecular weight is 508 g/mol. The van der Waals surface area contributed by atoms with Gasteiger partial charge in [-0.15, -0.1) is 10.2 Å². The van der Waals surface area contributed by atoms with E-state index >= 15 is 0 Å². The maximum absolute atomic E-state index is 12.3. The van der Waals surface area contributed by atoms with Crippen LogP contribution >= 0.6 is 11.6 Å². The maximum Gasteiger partial charge on any atom is 2.00 e. The Kier molecular flexibility index (Phi) is 7.44. The molecule has 0 fully saturated rings. The van der Waals surface area contributed by atoms with E-state index in [0.717, 1.165) is 12.1 Å². The first kappa shape index (κ1) is 23.7. The van der Waals surface area contributed by atoms with E-state index in [1.165, 1.54) is 19.1 Å². The minimum absolute atomic E-state index is 0. The van der Waals surface area contributed by atoms with Gasteiger partial charge >= 0.3 is 51.5 Å². The molecule has 1 N–H and O–H groups in total. The van der Waals surface area contributed by atoms with Crippen molar-refractivity contribution in [3.63, 3.8) is 0 Å². The van der Waals surface area contributed by atoms with Gasteiger partial charge in [-0.25, -0.2) is 13.2 Å². The number of halogens is 1. The zero-order chi connectivity index (χ0) is 20.6. The van der Waals surface area contributed by atoms with Gasteiger partial charge in [-0.3, -0.25) is 0 Å². The number of benzene rings is 3. The van der Waals surface area contributed by atoms with Crippen molar-refractivity contribution >= 4 is 95.3 Å². The van der Waals surface area contributed by atoms with Crippen molar-refractivity contribution in [1.82, 2.24) is 0 Å². The summed E-state index contributed by atoms with van der Waals surface area (Å²) in [6, 6.07) is 9.48. The van der Waals surface area contributed by atoms with Crippen molar-refractivity contribution in [2.24, 2.45) is 10.2 Å². The Morgan fingerprint density at radius 1 is 1.10 bits per heavy atom. The number of aromatic carboxylic acids is 1. The van der Waals surface area contributed by atoms with Crippen LogP contribution in [0.1, 0.15) is 18.8 Å². The molecule has 0 aromatic heterocycles. The van der Waals surface area contributed by atoms with Crippen molar-refractivity contribution in [3.05, 3.63) is 58.6 Å². The van der Waals surface area contributed by atoms with Gasteiger partial charge in [-0.2, -0.15) is 0 Å². The Balaban J connectivity index is 0.00000300. The van der Waals surface area contributed by atoms with Crippen LogP contribution in [0.15, 0.2) is 57.6 Å². The molecule has 0 heterocycles. The second kappa shape index (κ2) is 9.09. The molecule has 11 heteroatoms. The van der Waals surface area contributed by atoms with Gasteiger partial charge in [0.25, 0.3) is 0 Å². The van der Waals surface area contributed by atoms with Crippen molar-refractivity contribution in [2.75, 3.05) is 0 Å². The van der Waals surface area contributed by atoms with Crippen LogP contribution in [0.5, 0.6) is 5.75 Å². The van der Waals surface area contributed by atoms with Gasteiger partial charge in [0.2, 0.25) is 0 Å². The number of azo groups is 1. The van der Waals surface area contributed by atoms with E-state index in [4.69, 9.17) is 11.6 Å².